The van der Waals surface area contributed by atoms with Crippen molar-refractivity contribution in [1.82, 2.24) is 0 Å². The van der Waals surface area contributed by atoms with Crippen LogP contribution in [0.2, 0.25) is 0 Å². The highest BCUT2D eigenvalue weighted by Crippen LogP contribution is 2.63. The predicted octanol–water partition coefficient (Wildman–Crippen LogP) is 3.71. The third-order valence-electron chi connectivity index (χ3n) is 2.37. The summed E-state index contributed by atoms with van der Waals surface area (Å²) >= 11 is 12.1. The number of carbonyl (C=O) groups excluding carboxylic acids is 1. The summed E-state index contributed by atoms with van der Waals surface area (Å²) in [5.74, 6) is -0.975. The van der Waals surface area contributed by atoms with Crippen molar-refractivity contribution >= 4 is 41.8 Å². The molecule has 0 amide bonds. The van der Waals surface area contributed by atoms with E-state index in [1.807, 2.05) is 0 Å². The van der Waals surface area contributed by atoms with Crippen molar-refractivity contribution in [1.29, 1.82) is 0 Å². The highest BCUT2D eigenvalue weighted by atomic mass is 35.5. The third kappa shape index (κ3) is 3.56. The Morgan fingerprint density at radius 1 is 1.30 bits per heavy atom. The number of ether oxygens (including phenoxy) is 1. The highest BCUT2D eigenvalue weighted by molar-refractivity contribution is 7.73. The Morgan fingerprint density at radius 3 is 2.30 bits per heavy atom. The minimum Gasteiger partial charge on any atom is -0.460 e. The maximum absolute atomic E-state index is 13.1. The maximum Gasteiger partial charge on any atom is 0.353 e. The topological polar surface area (TPSA) is 52.6 Å². The van der Waals surface area contributed by atoms with Crippen molar-refractivity contribution in [3.63, 3.8) is 0 Å². The van der Waals surface area contributed by atoms with Crippen molar-refractivity contribution in [2.75, 3.05) is 6.61 Å². The van der Waals surface area contributed by atoms with E-state index >= 15 is 0 Å². The van der Waals surface area contributed by atoms with Crippen LogP contribution in [0.4, 0.5) is 0 Å². The molecule has 1 aromatic rings. The largest absolute Gasteiger partial charge is 0.460 e. The quantitative estimate of drug-likeness (QED) is 0.450. The normalized spacial score (nSPS) is 14.9. The van der Waals surface area contributed by atoms with Crippen LogP contribution in [-0.2, 0) is 18.6 Å². The summed E-state index contributed by atoms with van der Waals surface area (Å²) in [5, 5.41) is 0.271. The zero-order valence-corrected chi connectivity index (χ0v) is 13.9. The van der Waals surface area contributed by atoms with Gasteiger partial charge < -0.3 is 9.26 Å². The Labute approximate surface area is 128 Å². The fourth-order valence-corrected chi connectivity index (χ4v) is 4.35. The molecule has 0 aliphatic carbocycles. The molecule has 112 valence electrons. The SMILES string of the molecule is CCOP(=O)(c1ccccc1)C(Cl)(Cl)C(=O)OC(C)C. The first-order chi connectivity index (χ1) is 9.25. The van der Waals surface area contributed by atoms with Crippen LogP contribution >= 0.6 is 30.6 Å². The van der Waals surface area contributed by atoms with Crippen molar-refractivity contribution < 1.29 is 18.6 Å². The number of carbonyl (C=O) groups is 1. The molecular formula is C13H17Cl2O4P. The van der Waals surface area contributed by atoms with Crippen molar-refractivity contribution in [3.8, 4) is 0 Å². The van der Waals surface area contributed by atoms with E-state index in [0.717, 1.165) is 0 Å². The molecule has 0 heterocycles. The van der Waals surface area contributed by atoms with E-state index in [4.69, 9.17) is 32.5 Å². The molecule has 0 N–H and O–H groups in total. The molecule has 4 nitrogen and oxygen atoms in total. The Hall–Kier alpha value is -0.540. The molecule has 0 radical (unpaired) electrons. The standard InChI is InChI=1S/C13H17Cl2O4P/c1-4-18-20(17,11-8-6-5-7-9-11)13(14,15)12(16)19-10(2)3/h5-10H,4H2,1-3H3. The van der Waals surface area contributed by atoms with Gasteiger partial charge in [-0.2, -0.15) is 0 Å². The Balaban J connectivity index is 3.25. The molecule has 0 saturated heterocycles. The molecule has 0 spiro atoms. The van der Waals surface area contributed by atoms with Gasteiger partial charge in [-0.3, -0.25) is 4.57 Å². The molecule has 20 heavy (non-hydrogen) atoms. The lowest BCUT2D eigenvalue weighted by molar-refractivity contribution is -0.146. The van der Waals surface area contributed by atoms with Crippen LogP contribution < -0.4 is 5.30 Å². The Kier molecular flexibility index (Phi) is 6.08. The maximum atomic E-state index is 13.1. The lowest BCUT2D eigenvalue weighted by atomic mass is 10.4. The van der Waals surface area contributed by atoms with E-state index in [1.165, 1.54) is 0 Å². The molecule has 7 heteroatoms. The molecule has 1 aromatic carbocycles. The number of hydrogen-bond donors (Lipinski definition) is 0. The van der Waals surface area contributed by atoms with Crippen LogP contribution in [0.25, 0.3) is 0 Å². The van der Waals surface area contributed by atoms with E-state index in [1.54, 1.807) is 51.1 Å². The monoisotopic (exact) mass is 338 g/mol. The van der Waals surface area contributed by atoms with Gasteiger partial charge >= 0.3 is 5.97 Å². The molecule has 1 atom stereocenters. The second kappa shape index (κ2) is 6.95. The smallest absolute Gasteiger partial charge is 0.353 e. The Bertz CT molecular complexity index is 502. The second-order valence-corrected chi connectivity index (χ2v) is 8.70. The second-order valence-electron chi connectivity index (χ2n) is 4.30. The van der Waals surface area contributed by atoms with Crippen LogP contribution in [0.1, 0.15) is 20.8 Å². The summed E-state index contributed by atoms with van der Waals surface area (Å²) < 4.78 is 21.0. The number of halogens is 2. The Morgan fingerprint density at radius 2 is 1.85 bits per heavy atom. The molecular weight excluding hydrogens is 322 g/mol. The van der Waals surface area contributed by atoms with Gasteiger partial charge in [0.1, 0.15) is 0 Å². The van der Waals surface area contributed by atoms with Crippen LogP contribution in [-0.4, -0.2) is 22.8 Å². The lowest BCUT2D eigenvalue weighted by Crippen LogP contribution is -2.35. The molecule has 0 saturated carbocycles. The summed E-state index contributed by atoms with van der Waals surface area (Å²) in [6, 6.07) is 8.19. The molecule has 1 unspecified atom stereocenters. The third-order valence-corrected chi connectivity index (χ3v) is 6.53. The number of rotatable bonds is 6. The zero-order valence-electron chi connectivity index (χ0n) is 11.5. The summed E-state index contributed by atoms with van der Waals surface area (Å²) in [7, 11) is -3.83. The van der Waals surface area contributed by atoms with Crippen LogP contribution in [0.15, 0.2) is 30.3 Å². The van der Waals surface area contributed by atoms with E-state index in [9.17, 15) is 9.36 Å². The van der Waals surface area contributed by atoms with Gasteiger partial charge in [-0.05, 0) is 32.9 Å². The summed E-state index contributed by atoms with van der Waals surface area (Å²) in [5.41, 5.74) is 0. The van der Waals surface area contributed by atoms with Crippen molar-refractivity contribution in [2.24, 2.45) is 0 Å². The van der Waals surface area contributed by atoms with Gasteiger partial charge in [-0.25, -0.2) is 4.79 Å². The van der Waals surface area contributed by atoms with E-state index in [-0.39, 0.29) is 11.9 Å². The van der Waals surface area contributed by atoms with Crippen LogP contribution in [0.3, 0.4) is 0 Å². The lowest BCUT2D eigenvalue weighted by Gasteiger charge is -2.28. The number of benzene rings is 1. The molecule has 1 rings (SSSR count). The van der Waals surface area contributed by atoms with Gasteiger partial charge in [-0.15, -0.1) is 0 Å². The zero-order chi connectivity index (χ0) is 15.4. The van der Waals surface area contributed by atoms with Crippen molar-refractivity contribution in [2.45, 2.75) is 30.9 Å². The summed E-state index contributed by atoms with van der Waals surface area (Å²) in [6.07, 6.45) is -0.426. The fourth-order valence-electron chi connectivity index (χ4n) is 1.53. The summed E-state index contributed by atoms with van der Waals surface area (Å²) in [4.78, 5) is 12.0. The fraction of sp³-hybridized carbons (Fsp3) is 0.462. The molecule has 0 aliphatic rings. The van der Waals surface area contributed by atoms with Gasteiger partial charge in [0.05, 0.1) is 12.7 Å². The van der Waals surface area contributed by atoms with Crippen LogP contribution in [0, 0.1) is 0 Å². The minimum absolute atomic E-state index is 0.0995. The molecule has 0 fully saturated rings. The minimum atomic E-state index is -3.83. The van der Waals surface area contributed by atoms with Gasteiger partial charge in [0, 0.05) is 5.30 Å². The first kappa shape index (κ1) is 17.5. The number of alkyl halides is 2. The average Bonchev–Trinajstić information content (AvgIpc) is 2.39. The number of hydrogen-bond acceptors (Lipinski definition) is 4. The first-order valence-corrected chi connectivity index (χ1v) is 8.53. The number of esters is 1. The van der Waals surface area contributed by atoms with Crippen molar-refractivity contribution in [3.05, 3.63) is 30.3 Å². The van der Waals surface area contributed by atoms with E-state index in [0.29, 0.717) is 0 Å². The van der Waals surface area contributed by atoms with E-state index in [2.05, 4.69) is 0 Å². The predicted molar refractivity (Wildman–Crippen MR) is 81.0 cm³/mol. The van der Waals surface area contributed by atoms with Gasteiger partial charge in [0.25, 0.3) is 11.4 Å². The first-order valence-electron chi connectivity index (χ1n) is 6.15. The molecule has 0 bridgehead atoms. The van der Waals surface area contributed by atoms with Gasteiger partial charge in [0.15, 0.2) is 0 Å². The van der Waals surface area contributed by atoms with Crippen LogP contribution in [0.5, 0.6) is 0 Å². The van der Waals surface area contributed by atoms with E-state index < -0.39 is 23.5 Å². The highest BCUT2D eigenvalue weighted by Gasteiger charge is 2.55. The van der Waals surface area contributed by atoms with Gasteiger partial charge in [0.2, 0.25) is 0 Å². The van der Waals surface area contributed by atoms with Gasteiger partial charge in [-0.1, -0.05) is 41.4 Å². The summed E-state index contributed by atoms with van der Waals surface area (Å²) in [6.45, 7) is 5.04. The average molecular weight is 339 g/mol. The molecule has 0 aliphatic heterocycles. The molecule has 0 aromatic heterocycles.